The fourth-order valence-corrected chi connectivity index (χ4v) is 3.24. The molecule has 16 heavy (non-hydrogen) atoms. The highest BCUT2D eigenvalue weighted by Gasteiger charge is 2.17. The molecule has 0 bridgehead atoms. The van der Waals surface area contributed by atoms with E-state index in [1.54, 1.807) is 11.3 Å². The number of hydrogen-bond acceptors (Lipinski definition) is 5. The zero-order valence-corrected chi connectivity index (χ0v) is 11.2. The Bertz CT molecular complexity index is 427. The summed E-state index contributed by atoms with van der Waals surface area (Å²) in [6.45, 7) is 3.12. The average Bonchev–Trinajstić information content (AvgIpc) is 2.91. The van der Waals surface area contributed by atoms with Crippen molar-refractivity contribution in [2.75, 3.05) is 6.54 Å². The predicted molar refractivity (Wildman–Crippen MR) is 69.4 cm³/mol. The van der Waals surface area contributed by atoms with Crippen LogP contribution in [0.15, 0.2) is 18.3 Å². The Kier molecular flexibility index (Phi) is 4.29. The maximum Gasteiger partial charge on any atom is 0.0931 e. The molecule has 0 spiro atoms. The molecule has 0 fully saturated rings. The molecule has 0 aliphatic heterocycles. The van der Waals surface area contributed by atoms with Gasteiger partial charge in [-0.15, -0.1) is 16.4 Å². The standard InChI is InChI=1S/C10H12ClN3S2/c1-2-5-12-10(8-6-13-14-16-8)7-3-4-9(11)15-7/h3-4,6,10,12H,2,5H2,1H3. The van der Waals surface area contributed by atoms with E-state index in [0.717, 1.165) is 22.2 Å². The van der Waals surface area contributed by atoms with Gasteiger partial charge >= 0.3 is 0 Å². The predicted octanol–water partition coefficient (Wildman–Crippen LogP) is 3.34. The summed E-state index contributed by atoms with van der Waals surface area (Å²) in [7, 11) is 0. The Balaban J connectivity index is 2.21. The molecule has 0 aliphatic carbocycles. The van der Waals surface area contributed by atoms with E-state index in [4.69, 9.17) is 11.6 Å². The molecule has 1 N–H and O–H groups in total. The lowest BCUT2D eigenvalue weighted by Crippen LogP contribution is -2.21. The van der Waals surface area contributed by atoms with Gasteiger partial charge in [0.2, 0.25) is 0 Å². The fourth-order valence-electron chi connectivity index (χ4n) is 1.42. The second-order valence-corrected chi connectivity index (χ2v) is 5.91. The summed E-state index contributed by atoms with van der Waals surface area (Å²) in [6.07, 6.45) is 2.91. The lowest BCUT2D eigenvalue weighted by atomic mass is 10.2. The van der Waals surface area contributed by atoms with Crippen molar-refractivity contribution in [2.45, 2.75) is 19.4 Å². The van der Waals surface area contributed by atoms with E-state index in [1.165, 1.54) is 16.4 Å². The fraction of sp³-hybridized carbons (Fsp3) is 0.400. The number of halogens is 1. The Morgan fingerprint density at radius 2 is 2.31 bits per heavy atom. The van der Waals surface area contributed by atoms with Crippen LogP contribution in [0.5, 0.6) is 0 Å². The zero-order chi connectivity index (χ0) is 11.4. The van der Waals surface area contributed by atoms with Crippen LogP contribution >= 0.6 is 34.5 Å². The highest BCUT2D eigenvalue weighted by atomic mass is 35.5. The molecule has 1 atom stereocenters. The molecule has 2 heterocycles. The van der Waals surface area contributed by atoms with Gasteiger partial charge in [0.05, 0.1) is 21.5 Å². The van der Waals surface area contributed by atoms with Crippen molar-refractivity contribution in [3.63, 3.8) is 0 Å². The van der Waals surface area contributed by atoms with Gasteiger partial charge < -0.3 is 5.32 Å². The molecule has 0 radical (unpaired) electrons. The van der Waals surface area contributed by atoms with Crippen LogP contribution in [-0.4, -0.2) is 16.1 Å². The summed E-state index contributed by atoms with van der Waals surface area (Å²) in [5.74, 6) is 0. The van der Waals surface area contributed by atoms with Gasteiger partial charge in [-0.2, -0.15) is 0 Å². The number of hydrogen-bond donors (Lipinski definition) is 1. The number of aromatic nitrogens is 2. The minimum absolute atomic E-state index is 0.178. The first-order valence-electron chi connectivity index (χ1n) is 5.07. The van der Waals surface area contributed by atoms with Crippen LogP contribution in [0, 0.1) is 0 Å². The molecule has 1 unspecified atom stereocenters. The van der Waals surface area contributed by atoms with Gasteiger partial charge in [0.1, 0.15) is 0 Å². The largest absolute Gasteiger partial charge is 0.305 e. The lowest BCUT2D eigenvalue weighted by molar-refractivity contribution is 0.612. The highest BCUT2D eigenvalue weighted by molar-refractivity contribution is 7.16. The number of rotatable bonds is 5. The Hall–Kier alpha value is -0.490. The third-order valence-corrected chi connectivity index (χ3v) is 4.16. The number of nitrogens with zero attached hydrogens (tertiary/aromatic N) is 2. The van der Waals surface area contributed by atoms with Crippen LogP contribution in [0.25, 0.3) is 0 Å². The maximum atomic E-state index is 5.96. The van der Waals surface area contributed by atoms with Crippen LogP contribution in [0.1, 0.15) is 29.1 Å². The summed E-state index contributed by atoms with van der Waals surface area (Å²) in [4.78, 5) is 2.34. The van der Waals surface area contributed by atoms with Gasteiger partial charge in [-0.1, -0.05) is 23.0 Å². The molecule has 0 amide bonds. The summed E-state index contributed by atoms with van der Waals surface area (Å²) >= 11 is 8.99. The minimum Gasteiger partial charge on any atom is -0.305 e. The second-order valence-electron chi connectivity index (χ2n) is 3.35. The van der Waals surface area contributed by atoms with Gasteiger partial charge in [0.15, 0.2) is 0 Å². The van der Waals surface area contributed by atoms with Gasteiger partial charge in [0, 0.05) is 4.88 Å². The van der Waals surface area contributed by atoms with E-state index in [2.05, 4.69) is 27.9 Å². The Morgan fingerprint density at radius 1 is 1.44 bits per heavy atom. The first kappa shape index (κ1) is 12.0. The number of thiophene rings is 1. The molecule has 0 saturated heterocycles. The third-order valence-electron chi connectivity index (χ3n) is 2.14. The summed E-state index contributed by atoms with van der Waals surface area (Å²) in [5, 5.41) is 7.37. The van der Waals surface area contributed by atoms with Crippen molar-refractivity contribution in [1.29, 1.82) is 0 Å². The van der Waals surface area contributed by atoms with Crippen molar-refractivity contribution < 1.29 is 0 Å². The first-order chi connectivity index (χ1) is 7.81. The van der Waals surface area contributed by atoms with Gasteiger partial charge in [-0.3, -0.25) is 0 Å². The average molecular weight is 274 g/mol. The van der Waals surface area contributed by atoms with E-state index in [0.29, 0.717) is 0 Å². The van der Waals surface area contributed by atoms with Crippen molar-refractivity contribution in [1.82, 2.24) is 14.9 Å². The Morgan fingerprint density at radius 3 is 2.88 bits per heavy atom. The summed E-state index contributed by atoms with van der Waals surface area (Å²) < 4.78 is 4.72. The molecule has 2 rings (SSSR count). The van der Waals surface area contributed by atoms with E-state index in [1.807, 2.05) is 12.3 Å². The van der Waals surface area contributed by atoms with Crippen molar-refractivity contribution in [3.8, 4) is 0 Å². The summed E-state index contributed by atoms with van der Waals surface area (Å²) in [6, 6.07) is 4.16. The molecule has 2 aromatic rings. The molecule has 0 saturated carbocycles. The number of nitrogens with one attached hydrogen (secondary N) is 1. The monoisotopic (exact) mass is 273 g/mol. The first-order valence-corrected chi connectivity index (χ1v) is 7.04. The van der Waals surface area contributed by atoms with Gasteiger partial charge in [-0.25, -0.2) is 0 Å². The molecular formula is C10H12ClN3S2. The van der Waals surface area contributed by atoms with Gasteiger partial charge in [-0.05, 0) is 36.6 Å². The molecule has 86 valence electrons. The minimum atomic E-state index is 0.178. The zero-order valence-electron chi connectivity index (χ0n) is 8.81. The normalized spacial score (nSPS) is 12.9. The molecule has 3 nitrogen and oxygen atoms in total. The Labute approximate surface area is 108 Å². The van der Waals surface area contributed by atoms with Crippen LogP contribution in [0.2, 0.25) is 4.34 Å². The summed E-state index contributed by atoms with van der Waals surface area (Å²) in [5.41, 5.74) is 0. The van der Waals surface area contributed by atoms with E-state index in [-0.39, 0.29) is 6.04 Å². The van der Waals surface area contributed by atoms with E-state index < -0.39 is 0 Å². The van der Waals surface area contributed by atoms with Crippen LogP contribution < -0.4 is 5.32 Å². The second kappa shape index (κ2) is 5.72. The van der Waals surface area contributed by atoms with Crippen LogP contribution in [0.4, 0.5) is 0 Å². The molecular weight excluding hydrogens is 262 g/mol. The molecule has 2 aromatic heterocycles. The van der Waals surface area contributed by atoms with Gasteiger partial charge in [0.25, 0.3) is 0 Å². The van der Waals surface area contributed by atoms with Crippen molar-refractivity contribution >= 4 is 34.5 Å². The van der Waals surface area contributed by atoms with E-state index >= 15 is 0 Å². The quantitative estimate of drug-likeness (QED) is 0.908. The smallest absolute Gasteiger partial charge is 0.0931 e. The third kappa shape index (κ3) is 2.79. The van der Waals surface area contributed by atoms with Crippen LogP contribution in [-0.2, 0) is 0 Å². The molecule has 0 aromatic carbocycles. The highest BCUT2D eigenvalue weighted by Crippen LogP contribution is 2.31. The SMILES string of the molecule is CCCNC(c1cnns1)c1ccc(Cl)s1. The molecule has 6 heteroatoms. The van der Waals surface area contributed by atoms with Crippen molar-refractivity contribution in [2.24, 2.45) is 0 Å². The van der Waals surface area contributed by atoms with E-state index in [9.17, 15) is 0 Å². The van der Waals surface area contributed by atoms with Crippen molar-refractivity contribution in [3.05, 3.63) is 32.4 Å². The lowest BCUT2D eigenvalue weighted by Gasteiger charge is -2.14. The van der Waals surface area contributed by atoms with Crippen LogP contribution in [0.3, 0.4) is 0 Å². The molecule has 0 aliphatic rings. The maximum absolute atomic E-state index is 5.96. The topological polar surface area (TPSA) is 37.8 Å².